The second kappa shape index (κ2) is 9.16. The summed E-state index contributed by atoms with van der Waals surface area (Å²) in [5.74, 6) is 0.770. The third-order valence-electron chi connectivity index (χ3n) is 3.87. The van der Waals surface area contributed by atoms with Gasteiger partial charge in [0.1, 0.15) is 0 Å². The average Bonchev–Trinajstić information content (AvgIpc) is 2.64. The number of hydrogen-bond acceptors (Lipinski definition) is 5. The average molecular weight is 402 g/mol. The number of sulfone groups is 1. The summed E-state index contributed by atoms with van der Waals surface area (Å²) in [7, 11) is -5.36. The Morgan fingerprint density at radius 2 is 1.56 bits per heavy atom. The molecule has 1 aromatic heterocycles. The zero-order chi connectivity index (χ0) is 19.9. The Balaban J connectivity index is 1.97. The first-order chi connectivity index (χ1) is 12.8. The van der Waals surface area contributed by atoms with E-state index >= 15 is 0 Å². The Morgan fingerprint density at radius 1 is 0.963 bits per heavy atom. The quantitative estimate of drug-likeness (QED) is 0.564. The van der Waals surface area contributed by atoms with Gasteiger partial charge >= 0.3 is 5.51 Å². The summed E-state index contributed by atoms with van der Waals surface area (Å²) >= 11 is 0. The van der Waals surface area contributed by atoms with E-state index in [0.29, 0.717) is 17.9 Å². The molecule has 0 saturated carbocycles. The molecule has 1 aromatic carbocycles. The molecule has 5 nitrogen and oxygen atoms in total. The van der Waals surface area contributed by atoms with E-state index in [2.05, 4.69) is 16.9 Å². The SMILES string of the molecule is CCCCCCCOc1cnc(-c2ccc(S(=O)(=O)C(F)(F)F)cc2)nc1. The topological polar surface area (TPSA) is 69.2 Å². The first kappa shape index (κ1) is 21.1. The number of ether oxygens (including phenoxy) is 1. The van der Waals surface area contributed by atoms with E-state index in [-0.39, 0.29) is 5.82 Å². The van der Waals surface area contributed by atoms with Gasteiger partial charge in [-0.2, -0.15) is 13.2 Å². The molecule has 0 radical (unpaired) electrons. The molecule has 0 spiro atoms. The van der Waals surface area contributed by atoms with Crippen LogP contribution in [0.4, 0.5) is 13.2 Å². The Bertz CT molecular complexity index is 820. The van der Waals surface area contributed by atoms with Crippen LogP contribution >= 0.6 is 0 Å². The summed E-state index contributed by atoms with van der Waals surface area (Å²) in [5.41, 5.74) is -4.93. The summed E-state index contributed by atoms with van der Waals surface area (Å²) in [4.78, 5) is 7.40. The molecule has 0 aliphatic rings. The molecule has 0 aliphatic heterocycles. The van der Waals surface area contributed by atoms with Gasteiger partial charge in [0, 0.05) is 5.56 Å². The van der Waals surface area contributed by atoms with Crippen molar-refractivity contribution in [3.05, 3.63) is 36.7 Å². The zero-order valence-corrected chi connectivity index (χ0v) is 15.7. The highest BCUT2D eigenvalue weighted by atomic mass is 32.2. The molecule has 2 aromatic rings. The van der Waals surface area contributed by atoms with Crippen LogP contribution in [0.3, 0.4) is 0 Å². The maximum absolute atomic E-state index is 12.5. The van der Waals surface area contributed by atoms with Crippen molar-refractivity contribution in [3.63, 3.8) is 0 Å². The Kier molecular flexibility index (Phi) is 7.18. The van der Waals surface area contributed by atoms with E-state index in [9.17, 15) is 21.6 Å². The maximum atomic E-state index is 12.5. The molecule has 0 N–H and O–H groups in total. The van der Waals surface area contributed by atoms with Crippen LogP contribution in [0.1, 0.15) is 39.0 Å². The fraction of sp³-hybridized carbons (Fsp3) is 0.444. The van der Waals surface area contributed by atoms with Crippen molar-refractivity contribution >= 4 is 9.84 Å². The van der Waals surface area contributed by atoms with E-state index in [4.69, 9.17) is 4.74 Å². The maximum Gasteiger partial charge on any atom is 0.501 e. The standard InChI is InChI=1S/C18H21F3N2O3S/c1-2-3-4-5-6-11-26-15-12-22-17(23-13-15)14-7-9-16(10-8-14)27(24,25)18(19,20)21/h7-10,12-13H,2-6,11H2,1H3. The lowest BCUT2D eigenvalue weighted by Gasteiger charge is -2.09. The summed E-state index contributed by atoms with van der Waals surface area (Å²) in [6.07, 6.45) is 8.57. The molecule has 148 valence electrons. The van der Waals surface area contributed by atoms with Crippen LogP contribution < -0.4 is 4.74 Å². The summed E-state index contributed by atoms with van der Waals surface area (Å²) in [5, 5.41) is 0. The number of rotatable bonds is 9. The Hall–Kier alpha value is -2.16. The largest absolute Gasteiger partial charge is 0.501 e. The van der Waals surface area contributed by atoms with Gasteiger partial charge in [0.15, 0.2) is 11.6 Å². The number of aromatic nitrogens is 2. The predicted octanol–water partition coefficient (Wildman–Crippen LogP) is 4.79. The molecule has 0 amide bonds. The minimum absolute atomic E-state index is 0.265. The van der Waals surface area contributed by atoms with Crippen LogP contribution in [0, 0.1) is 0 Å². The van der Waals surface area contributed by atoms with Gasteiger partial charge in [-0.3, -0.25) is 0 Å². The van der Waals surface area contributed by atoms with Gasteiger partial charge in [0.2, 0.25) is 0 Å². The van der Waals surface area contributed by atoms with Crippen LogP contribution in [0.2, 0.25) is 0 Å². The van der Waals surface area contributed by atoms with E-state index in [1.807, 2.05) is 0 Å². The smallest absolute Gasteiger partial charge is 0.490 e. The van der Waals surface area contributed by atoms with Crippen LogP contribution in [0.5, 0.6) is 5.75 Å². The number of alkyl halides is 3. The van der Waals surface area contributed by atoms with E-state index < -0.39 is 20.2 Å². The molecule has 9 heteroatoms. The van der Waals surface area contributed by atoms with Crippen molar-refractivity contribution in [2.24, 2.45) is 0 Å². The lowest BCUT2D eigenvalue weighted by atomic mass is 10.2. The van der Waals surface area contributed by atoms with E-state index in [1.165, 1.54) is 43.8 Å². The number of benzene rings is 1. The second-order valence-corrected chi connectivity index (χ2v) is 7.92. The first-order valence-electron chi connectivity index (χ1n) is 8.62. The van der Waals surface area contributed by atoms with Crippen molar-refractivity contribution in [1.29, 1.82) is 0 Å². The molecule has 0 bridgehead atoms. The van der Waals surface area contributed by atoms with Crippen LogP contribution in [0.25, 0.3) is 11.4 Å². The first-order valence-corrected chi connectivity index (χ1v) is 10.1. The van der Waals surface area contributed by atoms with Gasteiger partial charge in [-0.05, 0) is 30.7 Å². The molecule has 0 saturated heterocycles. The molecule has 0 fully saturated rings. The molecule has 0 atom stereocenters. The highest BCUT2D eigenvalue weighted by molar-refractivity contribution is 7.92. The molecule has 27 heavy (non-hydrogen) atoms. The third kappa shape index (κ3) is 5.66. The molecule has 1 heterocycles. The highest BCUT2D eigenvalue weighted by Gasteiger charge is 2.46. The minimum Gasteiger partial charge on any atom is -0.490 e. The van der Waals surface area contributed by atoms with Crippen molar-refractivity contribution in [1.82, 2.24) is 9.97 Å². The highest BCUT2D eigenvalue weighted by Crippen LogP contribution is 2.31. The Morgan fingerprint density at radius 3 is 2.11 bits per heavy atom. The lowest BCUT2D eigenvalue weighted by Crippen LogP contribution is -2.23. The summed E-state index contributed by atoms with van der Waals surface area (Å²) in [6.45, 7) is 2.72. The Labute approximate surface area is 156 Å². The third-order valence-corrected chi connectivity index (χ3v) is 5.37. The zero-order valence-electron chi connectivity index (χ0n) is 14.9. The number of unbranched alkanes of at least 4 members (excludes halogenated alkanes) is 4. The number of nitrogens with zero attached hydrogens (tertiary/aromatic N) is 2. The molecular weight excluding hydrogens is 381 g/mol. The predicted molar refractivity (Wildman–Crippen MR) is 95.0 cm³/mol. The fourth-order valence-corrected chi connectivity index (χ4v) is 3.11. The second-order valence-electron chi connectivity index (χ2n) is 5.98. The van der Waals surface area contributed by atoms with Crippen molar-refractivity contribution in [2.45, 2.75) is 49.4 Å². The van der Waals surface area contributed by atoms with Crippen molar-refractivity contribution in [2.75, 3.05) is 6.61 Å². The van der Waals surface area contributed by atoms with Gasteiger partial charge in [-0.1, -0.05) is 32.6 Å². The molecule has 2 rings (SSSR count). The number of halogens is 3. The molecular formula is C18H21F3N2O3S. The lowest BCUT2D eigenvalue weighted by molar-refractivity contribution is -0.0436. The van der Waals surface area contributed by atoms with Gasteiger partial charge < -0.3 is 4.74 Å². The molecule has 0 unspecified atom stereocenters. The number of hydrogen-bond donors (Lipinski definition) is 0. The fourth-order valence-electron chi connectivity index (χ4n) is 2.35. The van der Waals surface area contributed by atoms with E-state index in [0.717, 1.165) is 25.0 Å². The van der Waals surface area contributed by atoms with Crippen LogP contribution in [-0.2, 0) is 9.84 Å². The van der Waals surface area contributed by atoms with E-state index in [1.54, 1.807) is 0 Å². The molecule has 0 aliphatic carbocycles. The van der Waals surface area contributed by atoms with Gasteiger partial charge in [-0.15, -0.1) is 0 Å². The monoisotopic (exact) mass is 402 g/mol. The van der Waals surface area contributed by atoms with Crippen molar-refractivity contribution < 1.29 is 26.3 Å². The minimum atomic E-state index is -5.36. The van der Waals surface area contributed by atoms with Gasteiger partial charge in [0.25, 0.3) is 9.84 Å². The van der Waals surface area contributed by atoms with Crippen LogP contribution in [0.15, 0.2) is 41.6 Å². The van der Waals surface area contributed by atoms with Gasteiger partial charge in [-0.25, -0.2) is 18.4 Å². The summed E-state index contributed by atoms with van der Waals surface area (Å²) in [6, 6.07) is 4.26. The van der Waals surface area contributed by atoms with Crippen molar-refractivity contribution in [3.8, 4) is 17.1 Å². The van der Waals surface area contributed by atoms with Crippen LogP contribution in [-0.4, -0.2) is 30.5 Å². The summed E-state index contributed by atoms with van der Waals surface area (Å²) < 4.78 is 65.9. The normalized spacial score (nSPS) is 12.1. The van der Waals surface area contributed by atoms with Gasteiger partial charge in [0.05, 0.1) is 23.9 Å².